The van der Waals surface area contributed by atoms with E-state index in [1.54, 1.807) is 13.8 Å². The summed E-state index contributed by atoms with van der Waals surface area (Å²) in [6.45, 7) is 3.27. The highest BCUT2D eigenvalue weighted by atomic mass is 19.2. The van der Waals surface area contributed by atoms with E-state index in [1.165, 1.54) is 6.07 Å². The molecule has 0 saturated heterocycles. The van der Waals surface area contributed by atoms with Crippen LogP contribution in [0.25, 0.3) is 0 Å². The predicted molar refractivity (Wildman–Crippen MR) is 64.8 cm³/mol. The van der Waals surface area contributed by atoms with Crippen molar-refractivity contribution in [3.63, 3.8) is 0 Å². The third-order valence-electron chi connectivity index (χ3n) is 2.40. The number of amides is 2. The Morgan fingerprint density at radius 1 is 1.21 bits per heavy atom. The summed E-state index contributed by atoms with van der Waals surface area (Å²) in [5.41, 5.74) is 0.0318. The largest absolute Gasteiger partial charge is 0.480 e. The van der Waals surface area contributed by atoms with Crippen LogP contribution in [0.2, 0.25) is 0 Å². The first-order chi connectivity index (χ1) is 8.81. The molecule has 0 bridgehead atoms. The van der Waals surface area contributed by atoms with Gasteiger partial charge < -0.3 is 15.7 Å². The highest BCUT2D eigenvalue weighted by Gasteiger charge is 2.23. The Hall–Kier alpha value is -2.18. The van der Waals surface area contributed by atoms with E-state index in [4.69, 9.17) is 5.11 Å². The lowest BCUT2D eigenvalue weighted by Crippen LogP contribution is -2.46. The van der Waals surface area contributed by atoms with E-state index in [2.05, 4.69) is 10.6 Å². The van der Waals surface area contributed by atoms with Crippen molar-refractivity contribution in [2.75, 3.05) is 5.32 Å². The smallest absolute Gasteiger partial charge is 0.326 e. The second-order valence-corrected chi connectivity index (χ2v) is 4.29. The fourth-order valence-corrected chi connectivity index (χ4v) is 1.40. The van der Waals surface area contributed by atoms with Crippen LogP contribution in [0.4, 0.5) is 19.3 Å². The molecule has 3 N–H and O–H groups in total. The van der Waals surface area contributed by atoms with E-state index < -0.39 is 29.7 Å². The SMILES string of the molecule is CC(C)[C@@H](NC(=O)Nc1ccc(F)c(F)c1)C(=O)O. The summed E-state index contributed by atoms with van der Waals surface area (Å²) in [5.74, 6) is -3.61. The maximum Gasteiger partial charge on any atom is 0.326 e. The van der Waals surface area contributed by atoms with Crippen molar-refractivity contribution in [2.45, 2.75) is 19.9 Å². The van der Waals surface area contributed by atoms with Gasteiger partial charge in [0, 0.05) is 11.8 Å². The molecule has 0 aliphatic heterocycles. The van der Waals surface area contributed by atoms with Gasteiger partial charge >= 0.3 is 12.0 Å². The normalized spacial score (nSPS) is 12.1. The number of urea groups is 1. The van der Waals surface area contributed by atoms with Gasteiger partial charge in [0.05, 0.1) is 0 Å². The van der Waals surface area contributed by atoms with Crippen LogP contribution in [0, 0.1) is 17.6 Å². The molecule has 0 heterocycles. The molecule has 1 aromatic rings. The lowest BCUT2D eigenvalue weighted by molar-refractivity contribution is -0.140. The van der Waals surface area contributed by atoms with Gasteiger partial charge in [-0.3, -0.25) is 0 Å². The number of carbonyl (C=O) groups excluding carboxylic acids is 1. The Bertz CT molecular complexity index is 492. The molecule has 2 amide bonds. The zero-order valence-corrected chi connectivity index (χ0v) is 10.4. The van der Waals surface area contributed by atoms with Gasteiger partial charge in [-0.2, -0.15) is 0 Å². The number of aliphatic carboxylic acids is 1. The number of halogens is 2. The zero-order chi connectivity index (χ0) is 14.6. The number of hydrogen-bond acceptors (Lipinski definition) is 2. The molecule has 0 unspecified atom stereocenters. The molecule has 104 valence electrons. The minimum atomic E-state index is -1.17. The first kappa shape index (κ1) is 14.9. The topological polar surface area (TPSA) is 78.4 Å². The predicted octanol–water partition coefficient (Wildman–Crippen LogP) is 2.20. The average Bonchev–Trinajstić information content (AvgIpc) is 2.30. The molecule has 1 rings (SSSR count). The number of rotatable bonds is 4. The van der Waals surface area contributed by atoms with Crippen molar-refractivity contribution in [1.29, 1.82) is 0 Å². The average molecular weight is 272 g/mol. The molecule has 0 aliphatic rings. The maximum atomic E-state index is 12.9. The monoisotopic (exact) mass is 272 g/mol. The molecule has 7 heteroatoms. The van der Waals surface area contributed by atoms with Crippen molar-refractivity contribution in [3.8, 4) is 0 Å². The molecule has 0 spiro atoms. The number of hydrogen-bond donors (Lipinski definition) is 3. The van der Waals surface area contributed by atoms with Crippen molar-refractivity contribution in [3.05, 3.63) is 29.8 Å². The Morgan fingerprint density at radius 3 is 2.32 bits per heavy atom. The van der Waals surface area contributed by atoms with E-state index in [-0.39, 0.29) is 11.6 Å². The van der Waals surface area contributed by atoms with E-state index >= 15 is 0 Å². The summed E-state index contributed by atoms with van der Waals surface area (Å²) in [6, 6.07) is 0.975. The number of carboxylic acid groups (broad SMARTS) is 1. The van der Waals surface area contributed by atoms with Gasteiger partial charge in [0.1, 0.15) is 6.04 Å². The fraction of sp³-hybridized carbons (Fsp3) is 0.333. The summed E-state index contributed by atoms with van der Waals surface area (Å²) in [4.78, 5) is 22.4. The number of carbonyl (C=O) groups is 2. The third kappa shape index (κ3) is 4.20. The van der Waals surface area contributed by atoms with Gasteiger partial charge in [-0.05, 0) is 18.1 Å². The highest BCUT2D eigenvalue weighted by molar-refractivity contribution is 5.92. The van der Waals surface area contributed by atoms with E-state index in [1.807, 2.05) is 0 Å². The van der Waals surface area contributed by atoms with Crippen LogP contribution in [-0.2, 0) is 4.79 Å². The van der Waals surface area contributed by atoms with Crippen LogP contribution < -0.4 is 10.6 Å². The molecule has 5 nitrogen and oxygen atoms in total. The second-order valence-electron chi connectivity index (χ2n) is 4.29. The molecule has 0 saturated carbocycles. The zero-order valence-electron chi connectivity index (χ0n) is 10.4. The minimum Gasteiger partial charge on any atom is -0.480 e. The van der Waals surface area contributed by atoms with Crippen LogP contribution in [-0.4, -0.2) is 23.1 Å². The lowest BCUT2D eigenvalue weighted by atomic mass is 10.1. The van der Waals surface area contributed by atoms with Gasteiger partial charge in [-0.25, -0.2) is 18.4 Å². The fourth-order valence-electron chi connectivity index (χ4n) is 1.40. The number of anilines is 1. The van der Waals surface area contributed by atoms with Gasteiger partial charge in [-0.1, -0.05) is 13.8 Å². The van der Waals surface area contributed by atoms with E-state index in [0.717, 1.165) is 12.1 Å². The highest BCUT2D eigenvalue weighted by Crippen LogP contribution is 2.13. The minimum absolute atomic E-state index is 0.0318. The van der Waals surface area contributed by atoms with Gasteiger partial charge in [0.25, 0.3) is 0 Å². The Morgan fingerprint density at radius 2 is 1.84 bits per heavy atom. The maximum absolute atomic E-state index is 12.9. The summed E-state index contributed by atoms with van der Waals surface area (Å²) >= 11 is 0. The quantitative estimate of drug-likeness (QED) is 0.786. The van der Waals surface area contributed by atoms with E-state index in [0.29, 0.717) is 0 Å². The number of benzene rings is 1. The summed E-state index contributed by atoms with van der Waals surface area (Å²) in [7, 11) is 0. The summed E-state index contributed by atoms with van der Waals surface area (Å²) in [5, 5.41) is 13.3. The van der Waals surface area contributed by atoms with Gasteiger partial charge in [0.15, 0.2) is 11.6 Å². The molecular formula is C12H14F2N2O3. The molecule has 0 aromatic heterocycles. The van der Waals surface area contributed by atoms with Crippen molar-refractivity contribution >= 4 is 17.7 Å². The Balaban J connectivity index is 2.69. The van der Waals surface area contributed by atoms with Crippen molar-refractivity contribution < 1.29 is 23.5 Å². The van der Waals surface area contributed by atoms with Gasteiger partial charge in [-0.15, -0.1) is 0 Å². The molecule has 19 heavy (non-hydrogen) atoms. The summed E-state index contributed by atoms with van der Waals surface area (Å²) < 4.78 is 25.6. The molecular weight excluding hydrogens is 258 g/mol. The van der Waals surface area contributed by atoms with Gasteiger partial charge in [0.2, 0.25) is 0 Å². The van der Waals surface area contributed by atoms with Crippen LogP contribution in [0.1, 0.15) is 13.8 Å². The van der Waals surface area contributed by atoms with Crippen LogP contribution in [0.15, 0.2) is 18.2 Å². The molecule has 0 radical (unpaired) electrons. The van der Waals surface area contributed by atoms with Crippen LogP contribution in [0.5, 0.6) is 0 Å². The van der Waals surface area contributed by atoms with Crippen molar-refractivity contribution in [1.82, 2.24) is 5.32 Å². The number of carboxylic acids is 1. The first-order valence-electron chi connectivity index (χ1n) is 5.56. The summed E-state index contributed by atoms with van der Waals surface area (Å²) in [6.07, 6.45) is 0. The standard InChI is InChI=1S/C12H14F2N2O3/c1-6(2)10(11(17)18)16-12(19)15-7-3-4-8(13)9(14)5-7/h3-6,10H,1-2H3,(H,17,18)(H2,15,16,19)/t10-/m1/s1. The first-order valence-corrected chi connectivity index (χ1v) is 5.56. The van der Waals surface area contributed by atoms with E-state index in [9.17, 15) is 18.4 Å². The van der Waals surface area contributed by atoms with Crippen LogP contribution >= 0.6 is 0 Å². The number of nitrogens with one attached hydrogen (secondary N) is 2. The van der Waals surface area contributed by atoms with Crippen molar-refractivity contribution in [2.24, 2.45) is 5.92 Å². The lowest BCUT2D eigenvalue weighted by Gasteiger charge is -2.18. The molecule has 1 aromatic carbocycles. The second kappa shape index (κ2) is 6.12. The molecule has 0 aliphatic carbocycles. The molecule has 1 atom stereocenters. The van der Waals surface area contributed by atoms with Crippen LogP contribution in [0.3, 0.4) is 0 Å². The Kier molecular flexibility index (Phi) is 4.80. The Labute approximate surface area is 108 Å². The molecule has 0 fully saturated rings. The third-order valence-corrected chi connectivity index (χ3v) is 2.40.